The predicted molar refractivity (Wildman–Crippen MR) is 146 cm³/mol. The van der Waals surface area contributed by atoms with Gasteiger partial charge in [0.25, 0.3) is 0 Å². The summed E-state index contributed by atoms with van der Waals surface area (Å²) < 4.78 is 5.38. The summed E-state index contributed by atoms with van der Waals surface area (Å²) in [5.41, 5.74) is 2.10. The van der Waals surface area contributed by atoms with E-state index in [2.05, 4.69) is 31.3 Å². The number of alkyl carbamates (subject to hydrolysis) is 1. The molecule has 0 aromatic heterocycles. The van der Waals surface area contributed by atoms with Gasteiger partial charge >= 0.3 is 6.09 Å². The number of benzene rings is 2. The number of Topliss-reactive ketones (excluding diaryl/α,β-unsaturated/α-hetero) is 1. The highest BCUT2D eigenvalue weighted by molar-refractivity contribution is 5.87. The highest BCUT2D eigenvalue weighted by atomic mass is 16.5. The Hall–Kier alpha value is -2.66. The number of carbonyl (C=O) groups excluding carboxylic acids is 2. The van der Waals surface area contributed by atoms with Crippen LogP contribution >= 0.6 is 0 Å². The minimum atomic E-state index is -0.659. The lowest BCUT2D eigenvalue weighted by atomic mass is 9.89. The molecule has 0 heterocycles. The summed E-state index contributed by atoms with van der Waals surface area (Å²) in [5.74, 6) is 0.206. The maximum atomic E-state index is 13.3. The Bertz CT molecular complexity index is 855. The van der Waals surface area contributed by atoms with Crippen molar-refractivity contribution in [1.82, 2.24) is 5.32 Å². The molecule has 0 bridgehead atoms. The van der Waals surface area contributed by atoms with Crippen LogP contribution in [0.25, 0.3) is 0 Å². The van der Waals surface area contributed by atoms with Gasteiger partial charge in [-0.1, -0.05) is 113 Å². The standard InChI is InChI=1S/C31H45NO4/c1-3-5-6-7-14-19-28(33)20-21-29(32-31(35)36-24-27-17-12-9-13-18-27)30(34)23-25(4-2)22-26-15-10-8-11-16-26/h8-13,15-18,25,28-29,33H,3-7,14,19-24H2,1-2H3,(H,32,35)/t25-,28?,29+/m1/s1. The molecule has 0 fully saturated rings. The second-order valence-electron chi connectivity index (χ2n) is 9.83. The van der Waals surface area contributed by atoms with Gasteiger partial charge in [0.15, 0.2) is 5.78 Å². The number of ketones is 1. The Balaban J connectivity index is 1.92. The van der Waals surface area contributed by atoms with Gasteiger partial charge in [-0.15, -0.1) is 0 Å². The topological polar surface area (TPSA) is 75.6 Å². The smallest absolute Gasteiger partial charge is 0.408 e. The number of hydrogen-bond acceptors (Lipinski definition) is 4. The molecule has 36 heavy (non-hydrogen) atoms. The summed E-state index contributed by atoms with van der Waals surface area (Å²) in [4.78, 5) is 25.9. The monoisotopic (exact) mass is 495 g/mol. The van der Waals surface area contributed by atoms with Gasteiger partial charge in [-0.3, -0.25) is 4.79 Å². The molecule has 2 N–H and O–H groups in total. The Labute approximate surface area is 217 Å². The molecule has 0 saturated heterocycles. The van der Waals surface area contributed by atoms with Crippen LogP contribution in [0.15, 0.2) is 60.7 Å². The van der Waals surface area contributed by atoms with Crippen LogP contribution in [0.3, 0.4) is 0 Å². The first-order valence-electron chi connectivity index (χ1n) is 13.7. The average molecular weight is 496 g/mol. The van der Waals surface area contributed by atoms with Gasteiger partial charge in [-0.05, 0) is 42.7 Å². The molecule has 0 aliphatic rings. The molecule has 1 unspecified atom stereocenters. The quantitative estimate of drug-likeness (QED) is 0.218. The van der Waals surface area contributed by atoms with Crippen LogP contribution in [0.1, 0.15) is 89.2 Å². The third-order valence-electron chi connectivity index (χ3n) is 6.76. The number of nitrogens with one attached hydrogen (secondary N) is 1. The van der Waals surface area contributed by atoms with E-state index in [1.807, 2.05) is 48.5 Å². The normalized spacial score (nSPS) is 13.5. The van der Waals surface area contributed by atoms with Crippen LogP contribution in [-0.2, 0) is 22.6 Å². The molecule has 0 saturated carbocycles. The van der Waals surface area contributed by atoms with Gasteiger partial charge in [0.05, 0.1) is 12.1 Å². The highest BCUT2D eigenvalue weighted by Gasteiger charge is 2.25. The van der Waals surface area contributed by atoms with Crippen LogP contribution in [0.2, 0.25) is 0 Å². The van der Waals surface area contributed by atoms with Crippen LogP contribution in [0, 0.1) is 5.92 Å². The van der Waals surface area contributed by atoms with Crippen molar-refractivity contribution in [1.29, 1.82) is 0 Å². The summed E-state index contributed by atoms with van der Waals surface area (Å²) in [6, 6.07) is 19.0. The number of aliphatic hydroxyl groups is 1. The van der Waals surface area contributed by atoms with Crippen LogP contribution in [0.5, 0.6) is 0 Å². The molecule has 2 aromatic rings. The van der Waals surface area contributed by atoms with E-state index in [4.69, 9.17) is 4.74 Å². The fourth-order valence-corrected chi connectivity index (χ4v) is 4.44. The van der Waals surface area contributed by atoms with Gasteiger partial charge in [0.2, 0.25) is 0 Å². The fraction of sp³-hybridized carbons (Fsp3) is 0.548. The van der Waals surface area contributed by atoms with E-state index in [0.29, 0.717) is 19.3 Å². The molecule has 0 aliphatic carbocycles. The number of carbonyl (C=O) groups is 2. The lowest BCUT2D eigenvalue weighted by Gasteiger charge is -2.22. The summed E-state index contributed by atoms with van der Waals surface area (Å²) in [7, 11) is 0. The maximum Gasteiger partial charge on any atom is 0.408 e. The molecule has 5 heteroatoms. The summed E-state index contributed by atoms with van der Waals surface area (Å²) in [5, 5.41) is 13.3. The van der Waals surface area contributed by atoms with E-state index in [1.54, 1.807) is 0 Å². The number of hydrogen-bond donors (Lipinski definition) is 2. The van der Waals surface area contributed by atoms with Gasteiger partial charge < -0.3 is 15.2 Å². The Morgan fingerprint density at radius 1 is 0.833 bits per heavy atom. The minimum Gasteiger partial charge on any atom is -0.445 e. The van der Waals surface area contributed by atoms with Crippen molar-refractivity contribution in [3.63, 3.8) is 0 Å². The summed E-state index contributed by atoms with van der Waals surface area (Å²) in [6.07, 6.45) is 8.39. The van der Waals surface area contributed by atoms with E-state index in [0.717, 1.165) is 37.7 Å². The first-order chi connectivity index (χ1) is 17.5. The second kappa shape index (κ2) is 17.7. The number of ether oxygens (including phenoxy) is 1. The first kappa shape index (κ1) is 29.6. The number of rotatable bonds is 18. The zero-order valence-corrected chi connectivity index (χ0v) is 22.2. The number of amides is 1. The van der Waals surface area contributed by atoms with Crippen molar-refractivity contribution >= 4 is 11.9 Å². The highest BCUT2D eigenvalue weighted by Crippen LogP contribution is 2.19. The second-order valence-corrected chi connectivity index (χ2v) is 9.83. The molecule has 5 nitrogen and oxygen atoms in total. The molecule has 0 aliphatic heterocycles. The lowest BCUT2D eigenvalue weighted by molar-refractivity contribution is -0.122. The predicted octanol–water partition coefficient (Wildman–Crippen LogP) is 7.01. The third-order valence-corrected chi connectivity index (χ3v) is 6.76. The van der Waals surface area contributed by atoms with Gasteiger partial charge in [-0.25, -0.2) is 4.79 Å². The molecule has 0 spiro atoms. The van der Waals surface area contributed by atoms with Crippen molar-refractivity contribution in [3.8, 4) is 0 Å². The molecular weight excluding hydrogens is 450 g/mol. The fourth-order valence-electron chi connectivity index (χ4n) is 4.44. The van der Waals surface area contributed by atoms with Crippen molar-refractivity contribution in [2.45, 2.75) is 103 Å². The minimum absolute atomic E-state index is 0.00425. The Morgan fingerprint density at radius 3 is 2.11 bits per heavy atom. The van der Waals surface area contributed by atoms with E-state index in [-0.39, 0.29) is 18.3 Å². The molecule has 0 radical (unpaired) electrons. The largest absolute Gasteiger partial charge is 0.445 e. The maximum absolute atomic E-state index is 13.3. The molecular formula is C31H45NO4. The van der Waals surface area contributed by atoms with E-state index in [1.165, 1.54) is 24.8 Å². The van der Waals surface area contributed by atoms with Crippen LogP contribution < -0.4 is 5.32 Å². The van der Waals surface area contributed by atoms with Gasteiger partial charge in [0.1, 0.15) is 6.61 Å². The Morgan fingerprint density at radius 2 is 1.47 bits per heavy atom. The number of unbranched alkanes of at least 4 members (excludes halogenated alkanes) is 4. The number of aliphatic hydroxyl groups excluding tert-OH is 1. The van der Waals surface area contributed by atoms with E-state index < -0.39 is 18.2 Å². The average Bonchev–Trinajstić information content (AvgIpc) is 2.90. The van der Waals surface area contributed by atoms with Crippen molar-refractivity contribution < 1.29 is 19.4 Å². The van der Waals surface area contributed by atoms with Crippen molar-refractivity contribution in [2.75, 3.05) is 0 Å². The SMILES string of the molecule is CCCCCCCC(O)CC[C@H](NC(=O)OCc1ccccc1)C(=O)C[C@H](CC)Cc1ccccc1. The molecule has 1 amide bonds. The molecule has 198 valence electrons. The zero-order chi connectivity index (χ0) is 26.0. The molecule has 2 rings (SSSR count). The lowest BCUT2D eigenvalue weighted by Crippen LogP contribution is -2.42. The zero-order valence-electron chi connectivity index (χ0n) is 22.2. The molecule has 3 atom stereocenters. The molecule has 2 aromatic carbocycles. The van der Waals surface area contributed by atoms with E-state index >= 15 is 0 Å². The Kier molecular flexibility index (Phi) is 14.6. The summed E-state index contributed by atoms with van der Waals surface area (Å²) >= 11 is 0. The third kappa shape index (κ3) is 12.3. The first-order valence-corrected chi connectivity index (χ1v) is 13.7. The van der Waals surface area contributed by atoms with Crippen LogP contribution in [-0.4, -0.2) is 29.1 Å². The van der Waals surface area contributed by atoms with E-state index in [9.17, 15) is 14.7 Å². The summed E-state index contributed by atoms with van der Waals surface area (Å²) in [6.45, 7) is 4.44. The van der Waals surface area contributed by atoms with Gasteiger partial charge in [-0.2, -0.15) is 0 Å². The van der Waals surface area contributed by atoms with Crippen LogP contribution in [0.4, 0.5) is 4.79 Å². The van der Waals surface area contributed by atoms with Crippen molar-refractivity contribution in [3.05, 3.63) is 71.8 Å². The van der Waals surface area contributed by atoms with Crippen molar-refractivity contribution in [2.24, 2.45) is 5.92 Å². The van der Waals surface area contributed by atoms with Gasteiger partial charge in [0, 0.05) is 6.42 Å².